The van der Waals surface area contributed by atoms with Crippen LogP contribution >= 0.6 is 15.9 Å². The second-order valence-corrected chi connectivity index (χ2v) is 4.27. The number of rotatable bonds is 5. The molecule has 0 aromatic heterocycles. The minimum Gasteiger partial charge on any atom is -0.342 e. The molecule has 0 heterocycles. The summed E-state index contributed by atoms with van der Waals surface area (Å²) in [6.07, 6.45) is -11.0. The molecule has 0 aliphatic rings. The van der Waals surface area contributed by atoms with E-state index in [4.69, 9.17) is 0 Å². The Bertz CT molecular complexity index is 263. The first kappa shape index (κ1) is 17.5. The minimum atomic E-state index is -5.63. The van der Waals surface area contributed by atoms with Crippen molar-refractivity contribution in [2.45, 2.75) is 25.7 Å². The Kier molecular flexibility index (Phi) is 6.45. The van der Waals surface area contributed by atoms with E-state index >= 15 is 0 Å². The van der Waals surface area contributed by atoms with Crippen molar-refractivity contribution in [1.82, 2.24) is 4.90 Å². The smallest absolute Gasteiger partial charge is 0.342 e. The van der Waals surface area contributed by atoms with Crippen molar-refractivity contribution in [3.05, 3.63) is 0 Å². The molecule has 0 N–H and O–H groups in total. The molecule has 0 bridgehead atoms. The lowest BCUT2D eigenvalue weighted by atomic mass is 10.1. The highest BCUT2D eigenvalue weighted by Crippen LogP contribution is 2.40. The molecule has 0 spiro atoms. The molecule has 9 heteroatoms. The maximum absolute atomic E-state index is 12.3. The fourth-order valence-electron chi connectivity index (χ4n) is 1.32. The van der Waals surface area contributed by atoms with Crippen LogP contribution in [0, 0.1) is 5.92 Å². The first-order valence-electron chi connectivity index (χ1n) is 5.03. The predicted molar refractivity (Wildman–Crippen MR) is 56.3 cm³/mol. The second kappa shape index (κ2) is 6.63. The summed E-state index contributed by atoms with van der Waals surface area (Å²) in [6, 6.07) is 0. The molecule has 0 aliphatic heterocycles. The van der Waals surface area contributed by atoms with E-state index in [-0.39, 0.29) is 19.5 Å². The van der Waals surface area contributed by atoms with Gasteiger partial charge in [-0.15, -0.1) is 0 Å². The van der Waals surface area contributed by atoms with Gasteiger partial charge in [0.25, 0.3) is 0 Å². The Morgan fingerprint density at radius 1 is 1.17 bits per heavy atom. The Labute approximate surface area is 108 Å². The number of nitrogens with zero attached hydrogens (tertiary/aromatic N) is 1. The molecule has 1 amide bonds. The summed E-state index contributed by atoms with van der Waals surface area (Å²) < 4.78 is 73.9. The van der Waals surface area contributed by atoms with Crippen LogP contribution in [0.5, 0.6) is 0 Å². The van der Waals surface area contributed by atoms with Gasteiger partial charge in [-0.25, -0.2) is 0 Å². The van der Waals surface area contributed by atoms with E-state index in [2.05, 4.69) is 15.9 Å². The Hall–Kier alpha value is -0.470. The fraction of sp³-hybridized carbons (Fsp3) is 0.889. The van der Waals surface area contributed by atoms with Crippen LogP contribution in [0.15, 0.2) is 0 Å². The number of carbonyl (C=O) groups is 1. The minimum absolute atomic E-state index is 0.150. The van der Waals surface area contributed by atoms with E-state index in [0.717, 1.165) is 0 Å². The summed E-state index contributed by atoms with van der Waals surface area (Å²) >= 11 is 2.99. The average molecular weight is 344 g/mol. The van der Waals surface area contributed by atoms with Crippen LogP contribution in [0.2, 0.25) is 0 Å². The molecule has 0 saturated carbocycles. The van der Waals surface area contributed by atoms with E-state index in [0.29, 0.717) is 10.2 Å². The van der Waals surface area contributed by atoms with Gasteiger partial charge in [0.1, 0.15) is 0 Å². The van der Waals surface area contributed by atoms with Crippen molar-refractivity contribution < 1.29 is 31.1 Å². The van der Waals surface area contributed by atoms with Crippen molar-refractivity contribution in [1.29, 1.82) is 0 Å². The number of alkyl halides is 7. The van der Waals surface area contributed by atoms with Crippen LogP contribution in [0.4, 0.5) is 26.3 Å². The predicted octanol–water partition coefficient (Wildman–Crippen LogP) is 3.36. The van der Waals surface area contributed by atoms with E-state index in [1.807, 2.05) is 0 Å². The standard InChI is InChI=1S/C9H12BrF6NO/c1-2-17(5-3-4-10)7(18)6(8(11,12)13)9(14,15)16/h6H,2-5H2,1H3. The molecular weight excluding hydrogens is 332 g/mol. The van der Waals surface area contributed by atoms with Crippen molar-refractivity contribution in [2.75, 3.05) is 18.4 Å². The van der Waals surface area contributed by atoms with Crippen LogP contribution in [0.3, 0.4) is 0 Å². The lowest BCUT2D eigenvalue weighted by Gasteiger charge is -2.28. The highest BCUT2D eigenvalue weighted by atomic mass is 79.9. The van der Waals surface area contributed by atoms with Crippen molar-refractivity contribution in [3.63, 3.8) is 0 Å². The zero-order chi connectivity index (χ0) is 14.6. The summed E-state index contributed by atoms with van der Waals surface area (Å²) in [5.41, 5.74) is 0. The van der Waals surface area contributed by atoms with Gasteiger partial charge in [-0.3, -0.25) is 4.79 Å². The van der Waals surface area contributed by atoms with E-state index < -0.39 is 24.2 Å². The summed E-state index contributed by atoms with van der Waals surface area (Å²) in [7, 11) is 0. The highest BCUT2D eigenvalue weighted by Gasteiger charge is 2.61. The van der Waals surface area contributed by atoms with Crippen LogP contribution in [-0.2, 0) is 4.79 Å². The molecule has 0 unspecified atom stereocenters. The largest absolute Gasteiger partial charge is 0.409 e. The van der Waals surface area contributed by atoms with Crippen molar-refractivity contribution in [2.24, 2.45) is 5.92 Å². The lowest BCUT2D eigenvalue weighted by molar-refractivity contribution is -0.277. The third-order valence-corrected chi connectivity index (χ3v) is 2.72. The molecule has 0 aromatic rings. The summed E-state index contributed by atoms with van der Waals surface area (Å²) in [6.45, 7) is 0.980. The van der Waals surface area contributed by atoms with E-state index in [1.54, 1.807) is 0 Å². The zero-order valence-corrected chi connectivity index (χ0v) is 11.0. The Balaban J connectivity index is 5.07. The molecule has 2 nitrogen and oxygen atoms in total. The molecule has 0 aliphatic carbocycles. The average Bonchev–Trinajstić information content (AvgIpc) is 2.14. The quantitative estimate of drug-likeness (QED) is 0.553. The number of carbonyl (C=O) groups excluding carboxylic acids is 1. The van der Waals surface area contributed by atoms with Crippen LogP contribution in [0.25, 0.3) is 0 Å². The second-order valence-electron chi connectivity index (χ2n) is 3.48. The Morgan fingerprint density at radius 2 is 1.61 bits per heavy atom. The van der Waals surface area contributed by atoms with Crippen molar-refractivity contribution >= 4 is 21.8 Å². The van der Waals surface area contributed by atoms with Crippen molar-refractivity contribution in [3.8, 4) is 0 Å². The van der Waals surface area contributed by atoms with Gasteiger partial charge in [0.15, 0.2) is 0 Å². The molecule has 0 rings (SSSR count). The fourth-order valence-corrected chi connectivity index (χ4v) is 1.57. The van der Waals surface area contributed by atoms with Gasteiger partial charge < -0.3 is 4.90 Å². The molecular formula is C9H12BrF6NO. The molecule has 18 heavy (non-hydrogen) atoms. The topological polar surface area (TPSA) is 20.3 Å². The third kappa shape index (κ3) is 5.03. The van der Waals surface area contributed by atoms with Crippen LogP contribution in [-0.4, -0.2) is 41.6 Å². The number of halogens is 7. The van der Waals surface area contributed by atoms with Gasteiger partial charge in [0.2, 0.25) is 11.8 Å². The third-order valence-electron chi connectivity index (χ3n) is 2.16. The zero-order valence-electron chi connectivity index (χ0n) is 9.41. The van der Waals surface area contributed by atoms with E-state index in [9.17, 15) is 31.1 Å². The number of hydrogen-bond acceptors (Lipinski definition) is 1. The first-order valence-corrected chi connectivity index (χ1v) is 6.16. The molecule has 0 aromatic carbocycles. The van der Waals surface area contributed by atoms with Gasteiger partial charge in [-0.2, -0.15) is 26.3 Å². The first-order chi connectivity index (χ1) is 8.05. The molecule has 108 valence electrons. The molecule has 0 atom stereocenters. The highest BCUT2D eigenvalue weighted by molar-refractivity contribution is 9.09. The SMILES string of the molecule is CCN(CCCBr)C(=O)C(C(F)(F)F)C(F)(F)F. The maximum Gasteiger partial charge on any atom is 0.409 e. The van der Waals surface area contributed by atoms with Gasteiger partial charge in [-0.05, 0) is 13.3 Å². The number of amides is 1. The van der Waals surface area contributed by atoms with Gasteiger partial charge in [0.05, 0.1) is 0 Å². The van der Waals surface area contributed by atoms with Crippen LogP contribution < -0.4 is 0 Å². The summed E-state index contributed by atoms with van der Waals surface area (Å²) in [5, 5.41) is 0.388. The van der Waals surface area contributed by atoms with E-state index in [1.165, 1.54) is 6.92 Å². The van der Waals surface area contributed by atoms with Crippen LogP contribution in [0.1, 0.15) is 13.3 Å². The summed E-state index contributed by atoms with van der Waals surface area (Å²) in [4.78, 5) is 11.9. The van der Waals surface area contributed by atoms with Gasteiger partial charge >= 0.3 is 12.4 Å². The summed E-state index contributed by atoms with van der Waals surface area (Å²) in [5.74, 6) is -5.89. The normalized spacial score (nSPS) is 12.9. The monoisotopic (exact) mass is 343 g/mol. The van der Waals surface area contributed by atoms with Gasteiger partial charge in [0, 0.05) is 18.4 Å². The Morgan fingerprint density at radius 3 is 1.89 bits per heavy atom. The molecule has 0 radical (unpaired) electrons. The number of hydrogen-bond donors (Lipinski definition) is 0. The lowest BCUT2D eigenvalue weighted by Crippen LogP contribution is -2.49. The maximum atomic E-state index is 12.3. The molecule has 0 saturated heterocycles. The van der Waals surface area contributed by atoms with Gasteiger partial charge in [-0.1, -0.05) is 15.9 Å². The molecule has 0 fully saturated rings.